The third-order valence-electron chi connectivity index (χ3n) is 2.75. The number of rotatable bonds is 3. The van der Waals surface area contributed by atoms with Crippen molar-refractivity contribution in [2.45, 2.75) is 24.8 Å². The predicted octanol–water partition coefficient (Wildman–Crippen LogP) is -0.453. The van der Waals surface area contributed by atoms with Crippen LogP contribution in [0, 0.1) is 0 Å². The van der Waals surface area contributed by atoms with Gasteiger partial charge in [-0.2, -0.15) is 0 Å². The number of Topliss-reactive ketones (excluding diaryl/α,β-unsaturated/α-hetero) is 1. The van der Waals surface area contributed by atoms with Crippen LogP contribution in [-0.2, 0) is 14.4 Å². The molecule has 2 heterocycles. The van der Waals surface area contributed by atoms with E-state index in [9.17, 15) is 14.4 Å². The third-order valence-corrected chi connectivity index (χ3v) is 4.11. The average Bonchev–Trinajstić information content (AvgIpc) is 2.26. The molecule has 92 valence electrons. The first-order valence-corrected chi connectivity index (χ1v) is 6.13. The van der Waals surface area contributed by atoms with Crippen LogP contribution in [0.1, 0.15) is 13.3 Å². The van der Waals surface area contributed by atoms with Gasteiger partial charge >= 0.3 is 5.97 Å². The van der Waals surface area contributed by atoms with Gasteiger partial charge in [-0.05, 0) is 12.5 Å². The number of β-lactam (4-membered cyclic amide) rings is 1. The molecule has 0 spiro atoms. The summed E-state index contributed by atoms with van der Waals surface area (Å²) in [6.45, 7) is 1.40. The Hall–Kier alpha value is -1.34. The fraction of sp³-hybridized carbons (Fsp3) is 0.500. The topological polar surface area (TPSA) is 101 Å². The summed E-state index contributed by atoms with van der Waals surface area (Å²) in [6, 6.07) is -0.631. The van der Waals surface area contributed by atoms with Crippen molar-refractivity contribution in [3.63, 3.8) is 0 Å². The van der Waals surface area contributed by atoms with Crippen LogP contribution in [-0.4, -0.2) is 44.8 Å². The lowest BCUT2D eigenvalue weighted by Crippen LogP contribution is -2.68. The largest absolute Gasteiger partial charge is 0.477 e. The van der Waals surface area contributed by atoms with Gasteiger partial charge in [0.25, 0.3) is 0 Å². The summed E-state index contributed by atoms with van der Waals surface area (Å²) in [5.74, 6) is -1.24. The van der Waals surface area contributed by atoms with Gasteiger partial charge in [-0.3, -0.25) is 14.5 Å². The molecule has 0 aliphatic carbocycles. The summed E-state index contributed by atoms with van der Waals surface area (Å²) < 4.78 is 0. The standard InChI is InChI=1S/C10H12N2O4S/c1-4(13)2-5-3-17-9-6(11)8(14)12(9)7(5)10(15)16/h6,9H,2-3,11H2,1H3,(H,15,16)/t6?,9-/m1/s1. The molecule has 0 saturated carbocycles. The SMILES string of the molecule is CC(=O)CC1=C(C(=O)O)N2C(=O)C(N)[C@H]2SC1. The second-order valence-corrected chi connectivity index (χ2v) is 5.18. The maximum absolute atomic E-state index is 11.5. The van der Waals surface area contributed by atoms with E-state index in [1.54, 1.807) is 0 Å². The molecule has 1 fully saturated rings. The minimum atomic E-state index is -1.17. The van der Waals surface area contributed by atoms with Crippen molar-refractivity contribution in [2.75, 3.05) is 5.75 Å². The summed E-state index contributed by atoms with van der Waals surface area (Å²) in [5, 5.41) is 8.83. The zero-order valence-corrected chi connectivity index (χ0v) is 9.99. The zero-order chi connectivity index (χ0) is 12.7. The number of carbonyl (C=O) groups excluding carboxylic acids is 2. The van der Waals surface area contributed by atoms with Gasteiger partial charge in [0.05, 0.1) is 0 Å². The number of carboxylic acid groups (broad SMARTS) is 1. The Morgan fingerprint density at radius 2 is 2.24 bits per heavy atom. The third kappa shape index (κ3) is 1.85. The van der Waals surface area contributed by atoms with Crippen molar-refractivity contribution in [1.29, 1.82) is 0 Å². The van der Waals surface area contributed by atoms with E-state index in [0.717, 1.165) is 0 Å². The first-order valence-electron chi connectivity index (χ1n) is 5.08. The van der Waals surface area contributed by atoms with Gasteiger partial charge in [0.1, 0.15) is 22.9 Å². The van der Waals surface area contributed by atoms with Crippen molar-refractivity contribution in [3.05, 3.63) is 11.3 Å². The Morgan fingerprint density at radius 3 is 2.76 bits per heavy atom. The smallest absolute Gasteiger partial charge is 0.352 e. The van der Waals surface area contributed by atoms with Crippen LogP contribution in [0.2, 0.25) is 0 Å². The Morgan fingerprint density at radius 1 is 1.59 bits per heavy atom. The Kier molecular flexibility index (Phi) is 2.96. The number of thioether (sulfide) groups is 1. The quantitative estimate of drug-likeness (QED) is 0.663. The number of amides is 1. The van der Waals surface area contributed by atoms with Crippen molar-refractivity contribution in [2.24, 2.45) is 5.73 Å². The van der Waals surface area contributed by atoms with E-state index in [0.29, 0.717) is 11.3 Å². The molecule has 1 saturated heterocycles. The number of nitrogens with zero attached hydrogens (tertiary/aromatic N) is 1. The molecule has 2 rings (SSSR count). The van der Waals surface area contributed by atoms with Crippen LogP contribution in [0.4, 0.5) is 0 Å². The van der Waals surface area contributed by atoms with Crippen molar-refractivity contribution in [1.82, 2.24) is 4.90 Å². The predicted molar refractivity (Wildman–Crippen MR) is 61.0 cm³/mol. The maximum Gasteiger partial charge on any atom is 0.352 e. The number of nitrogens with two attached hydrogens (primary N) is 1. The van der Waals surface area contributed by atoms with Crippen LogP contribution in [0.3, 0.4) is 0 Å². The first-order chi connectivity index (χ1) is 7.93. The molecule has 7 heteroatoms. The molecular weight excluding hydrogens is 244 g/mol. The molecule has 1 unspecified atom stereocenters. The van der Waals surface area contributed by atoms with Gasteiger partial charge in [0.15, 0.2) is 0 Å². The van der Waals surface area contributed by atoms with E-state index >= 15 is 0 Å². The fourth-order valence-corrected chi connectivity index (χ4v) is 3.31. The molecule has 0 aromatic rings. The normalized spacial score (nSPS) is 27.6. The Bertz CT molecular complexity index is 446. The summed E-state index contributed by atoms with van der Waals surface area (Å²) in [4.78, 5) is 35.0. The van der Waals surface area contributed by atoms with Crippen LogP contribution in [0.15, 0.2) is 11.3 Å². The molecule has 2 aliphatic heterocycles. The molecule has 0 aromatic heterocycles. The van der Waals surface area contributed by atoms with Crippen molar-refractivity contribution < 1.29 is 19.5 Å². The minimum absolute atomic E-state index is 0.0596. The molecule has 0 radical (unpaired) electrons. The molecule has 3 N–H and O–H groups in total. The van der Waals surface area contributed by atoms with E-state index in [-0.39, 0.29) is 29.2 Å². The molecule has 17 heavy (non-hydrogen) atoms. The Labute approximate surface area is 102 Å². The molecular formula is C10H12N2O4S. The van der Waals surface area contributed by atoms with E-state index in [4.69, 9.17) is 10.8 Å². The molecule has 1 amide bonds. The molecule has 2 atom stereocenters. The van der Waals surface area contributed by atoms with E-state index in [2.05, 4.69) is 0 Å². The number of carboxylic acids is 1. The first kappa shape index (κ1) is 12.1. The molecule has 2 aliphatic rings. The maximum atomic E-state index is 11.5. The number of hydrogen-bond acceptors (Lipinski definition) is 5. The second kappa shape index (κ2) is 4.15. The van der Waals surface area contributed by atoms with Crippen LogP contribution < -0.4 is 5.73 Å². The van der Waals surface area contributed by atoms with Crippen molar-refractivity contribution >= 4 is 29.4 Å². The molecule has 0 bridgehead atoms. The van der Waals surface area contributed by atoms with Gasteiger partial charge in [0.2, 0.25) is 5.91 Å². The second-order valence-electron chi connectivity index (χ2n) is 4.07. The number of hydrogen-bond donors (Lipinski definition) is 2. The lowest BCUT2D eigenvalue weighted by molar-refractivity contribution is -0.148. The van der Waals surface area contributed by atoms with Crippen LogP contribution >= 0.6 is 11.8 Å². The number of aliphatic carboxylic acids is 1. The van der Waals surface area contributed by atoms with Gasteiger partial charge in [-0.1, -0.05) is 0 Å². The average molecular weight is 256 g/mol. The van der Waals surface area contributed by atoms with Gasteiger partial charge in [-0.25, -0.2) is 4.79 Å². The number of ketones is 1. The van der Waals surface area contributed by atoms with E-state index in [1.807, 2.05) is 0 Å². The van der Waals surface area contributed by atoms with Crippen molar-refractivity contribution in [3.8, 4) is 0 Å². The van der Waals surface area contributed by atoms with Gasteiger partial charge < -0.3 is 10.8 Å². The van der Waals surface area contributed by atoms with E-state index < -0.39 is 12.0 Å². The summed E-state index contributed by atoms with van der Waals surface area (Å²) >= 11 is 1.40. The highest BCUT2D eigenvalue weighted by Crippen LogP contribution is 2.40. The Balaban J connectivity index is 2.36. The van der Waals surface area contributed by atoms with Gasteiger partial charge in [-0.15, -0.1) is 11.8 Å². The molecule has 6 nitrogen and oxygen atoms in total. The highest BCUT2D eigenvalue weighted by molar-refractivity contribution is 8.00. The lowest BCUT2D eigenvalue weighted by Gasteiger charge is -2.48. The number of fused-ring (bicyclic) bond motifs is 1. The fourth-order valence-electron chi connectivity index (χ4n) is 2.02. The van der Waals surface area contributed by atoms with Gasteiger partial charge in [0, 0.05) is 12.2 Å². The summed E-state index contributed by atoms with van der Waals surface area (Å²) in [6.07, 6.45) is 0.0698. The number of carbonyl (C=O) groups is 3. The van der Waals surface area contributed by atoms with Crippen LogP contribution in [0.25, 0.3) is 0 Å². The summed E-state index contributed by atoms with van der Waals surface area (Å²) in [7, 11) is 0. The summed E-state index contributed by atoms with van der Waals surface area (Å²) in [5.41, 5.74) is 6.02. The zero-order valence-electron chi connectivity index (χ0n) is 9.17. The minimum Gasteiger partial charge on any atom is -0.477 e. The van der Waals surface area contributed by atoms with Crippen LogP contribution in [0.5, 0.6) is 0 Å². The van der Waals surface area contributed by atoms with E-state index in [1.165, 1.54) is 23.6 Å². The monoisotopic (exact) mass is 256 g/mol. The lowest BCUT2D eigenvalue weighted by atomic mass is 10.0. The molecule has 0 aromatic carbocycles. The highest BCUT2D eigenvalue weighted by Gasteiger charge is 2.51. The highest BCUT2D eigenvalue weighted by atomic mass is 32.2.